The summed E-state index contributed by atoms with van der Waals surface area (Å²) in [5.41, 5.74) is 3.54. The molecule has 1 aromatic heterocycles. The number of rotatable bonds is 5. The van der Waals surface area contributed by atoms with Crippen LogP contribution in [0, 0.1) is 0 Å². The number of phenolic OH excluding ortho intramolecular Hbond substituents is 2. The Balaban J connectivity index is 2.23. The molecular weight excluding hydrogens is 318 g/mol. The summed E-state index contributed by atoms with van der Waals surface area (Å²) in [5.74, 6) is -0.400. The minimum Gasteiger partial charge on any atom is -0.508 e. The molecule has 0 aliphatic rings. The fourth-order valence-electron chi connectivity index (χ4n) is 3.38. The Bertz CT molecular complexity index is 923. The maximum absolute atomic E-state index is 11.4. The van der Waals surface area contributed by atoms with Crippen LogP contribution in [0.2, 0.25) is 0 Å². The van der Waals surface area contributed by atoms with E-state index in [0.717, 1.165) is 27.7 Å². The topological polar surface area (TPSA) is 82.7 Å². The van der Waals surface area contributed by atoms with Gasteiger partial charge in [0.2, 0.25) is 0 Å². The lowest BCUT2D eigenvalue weighted by Crippen LogP contribution is -2.09. The molecule has 0 fully saturated rings. The molecule has 3 rings (SSSR count). The molecule has 0 saturated heterocycles. The van der Waals surface area contributed by atoms with Crippen molar-refractivity contribution in [2.45, 2.75) is 32.7 Å². The maximum atomic E-state index is 11.4. The monoisotopic (exact) mass is 339 g/mol. The zero-order valence-corrected chi connectivity index (χ0v) is 14.2. The lowest BCUT2D eigenvalue weighted by molar-refractivity contribution is -0.136. The third kappa shape index (κ3) is 3.31. The summed E-state index contributed by atoms with van der Waals surface area (Å²) in [5, 5.41) is 29.6. The number of hydrogen-bond acceptors (Lipinski definition) is 3. The SMILES string of the molecule is CC(C)c1c(CC(=O)O)c2ccc(O)cc2n1Cc1ccc(O)cc1. The van der Waals surface area contributed by atoms with Gasteiger partial charge in [-0.25, -0.2) is 0 Å². The van der Waals surface area contributed by atoms with Gasteiger partial charge in [0.05, 0.1) is 11.9 Å². The Morgan fingerprint density at radius 3 is 2.28 bits per heavy atom. The Kier molecular flexibility index (Phi) is 4.40. The summed E-state index contributed by atoms with van der Waals surface area (Å²) in [4.78, 5) is 11.4. The zero-order valence-electron chi connectivity index (χ0n) is 14.2. The average Bonchev–Trinajstić information content (AvgIpc) is 2.82. The van der Waals surface area contributed by atoms with E-state index in [2.05, 4.69) is 4.57 Å². The second kappa shape index (κ2) is 6.51. The number of aromatic hydroxyl groups is 2. The number of aliphatic carboxylic acids is 1. The van der Waals surface area contributed by atoms with Gasteiger partial charge in [0.25, 0.3) is 0 Å². The summed E-state index contributed by atoms with van der Waals surface area (Å²) < 4.78 is 2.06. The Morgan fingerprint density at radius 1 is 1.04 bits per heavy atom. The van der Waals surface area contributed by atoms with Crippen molar-refractivity contribution in [2.24, 2.45) is 0 Å². The highest BCUT2D eigenvalue weighted by Gasteiger charge is 2.21. The lowest BCUT2D eigenvalue weighted by Gasteiger charge is -2.15. The molecule has 0 aliphatic carbocycles. The normalized spacial score (nSPS) is 11.3. The highest BCUT2D eigenvalue weighted by atomic mass is 16.4. The van der Waals surface area contributed by atoms with Gasteiger partial charge in [-0.15, -0.1) is 0 Å². The van der Waals surface area contributed by atoms with Crippen LogP contribution in [0.15, 0.2) is 42.5 Å². The number of carboxylic acid groups (broad SMARTS) is 1. The summed E-state index contributed by atoms with van der Waals surface area (Å²) in [7, 11) is 0. The van der Waals surface area contributed by atoms with Gasteiger partial charge in [-0.2, -0.15) is 0 Å². The molecule has 0 bridgehead atoms. The smallest absolute Gasteiger partial charge is 0.307 e. The van der Waals surface area contributed by atoms with E-state index < -0.39 is 5.97 Å². The van der Waals surface area contributed by atoms with Gasteiger partial charge in [0.1, 0.15) is 11.5 Å². The fourth-order valence-corrected chi connectivity index (χ4v) is 3.38. The molecule has 5 nitrogen and oxygen atoms in total. The van der Waals surface area contributed by atoms with E-state index in [1.807, 2.05) is 26.0 Å². The third-order valence-corrected chi connectivity index (χ3v) is 4.35. The molecule has 130 valence electrons. The van der Waals surface area contributed by atoms with E-state index in [4.69, 9.17) is 0 Å². The second-order valence-electron chi connectivity index (χ2n) is 6.54. The van der Waals surface area contributed by atoms with Gasteiger partial charge in [0, 0.05) is 23.7 Å². The lowest BCUT2D eigenvalue weighted by atomic mass is 10.0. The molecule has 1 heterocycles. The number of hydrogen-bond donors (Lipinski definition) is 3. The summed E-state index contributed by atoms with van der Waals surface area (Å²) in [6.07, 6.45) is -0.0582. The van der Waals surface area contributed by atoms with Gasteiger partial charge in [-0.1, -0.05) is 26.0 Å². The quantitative estimate of drug-likeness (QED) is 0.659. The van der Waals surface area contributed by atoms with E-state index in [9.17, 15) is 20.1 Å². The predicted molar refractivity (Wildman–Crippen MR) is 96.2 cm³/mol. The molecule has 0 amide bonds. The predicted octanol–water partition coefficient (Wildman–Crippen LogP) is 3.85. The fraction of sp³-hybridized carbons (Fsp3) is 0.250. The number of carboxylic acids is 1. The Labute approximate surface area is 145 Å². The molecule has 3 N–H and O–H groups in total. The maximum Gasteiger partial charge on any atom is 0.307 e. The number of phenols is 2. The third-order valence-electron chi connectivity index (χ3n) is 4.35. The first kappa shape index (κ1) is 16.9. The molecule has 2 aromatic carbocycles. The van der Waals surface area contributed by atoms with Crippen LogP contribution in [0.4, 0.5) is 0 Å². The van der Waals surface area contributed by atoms with Crippen molar-refractivity contribution >= 4 is 16.9 Å². The van der Waals surface area contributed by atoms with E-state index in [1.54, 1.807) is 30.3 Å². The van der Waals surface area contributed by atoms with E-state index in [-0.39, 0.29) is 23.8 Å². The Morgan fingerprint density at radius 2 is 1.68 bits per heavy atom. The van der Waals surface area contributed by atoms with Crippen molar-refractivity contribution in [2.75, 3.05) is 0 Å². The second-order valence-corrected chi connectivity index (χ2v) is 6.54. The minimum absolute atomic E-state index is 0.0582. The van der Waals surface area contributed by atoms with Gasteiger partial charge in [-0.3, -0.25) is 4.79 Å². The van der Waals surface area contributed by atoms with Crippen LogP contribution in [0.25, 0.3) is 10.9 Å². The number of aromatic nitrogens is 1. The summed E-state index contributed by atoms with van der Waals surface area (Å²) in [6, 6.07) is 12.0. The number of nitrogens with zero attached hydrogens (tertiary/aromatic N) is 1. The van der Waals surface area contributed by atoms with Crippen molar-refractivity contribution in [1.29, 1.82) is 0 Å². The molecule has 0 radical (unpaired) electrons. The molecule has 0 aliphatic heterocycles. The van der Waals surface area contributed by atoms with Crippen LogP contribution in [0.1, 0.15) is 36.6 Å². The molecule has 5 heteroatoms. The van der Waals surface area contributed by atoms with E-state index in [0.29, 0.717) is 6.54 Å². The van der Waals surface area contributed by atoms with Crippen LogP contribution in [0.3, 0.4) is 0 Å². The summed E-state index contributed by atoms with van der Waals surface area (Å²) >= 11 is 0. The van der Waals surface area contributed by atoms with E-state index in [1.165, 1.54) is 0 Å². The van der Waals surface area contributed by atoms with Crippen LogP contribution in [0.5, 0.6) is 11.5 Å². The molecular formula is C20H21NO4. The van der Waals surface area contributed by atoms with Crippen LogP contribution in [-0.4, -0.2) is 25.9 Å². The molecule has 0 spiro atoms. The van der Waals surface area contributed by atoms with Crippen LogP contribution in [-0.2, 0) is 17.8 Å². The minimum atomic E-state index is -0.876. The molecule has 3 aromatic rings. The van der Waals surface area contributed by atoms with E-state index >= 15 is 0 Å². The van der Waals surface area contributed by atoms with Gasteiger partial charge in [0.15, 0.2) is 0 Å². The molecule has 0 atom stereocenters. The number of benzene rings is 2. The first-order chi connectivity index (χ1) is 11.9. The van der Waals surface area contributed by atoms with Gasteiger partial charge < -0.3 is 19.9 Å². The van der Waals surface area contributed by atoms with Crippen molar-refractivity contribution in [1.82, 2.24) is 4.57 Å². The first-order valence-corrected chi connectivity index (χ1v) is 8.20. The van der Waals surface area contributed by atoms with Crippen molar-refractivity contribution in [3.63, 3.8) is 0 Å². The van der Waals surface area contributed by atoms with Crippen LogP contribution < -0.4 is 0 Å². The van der Waals surface area contributed by atoms with Gasteiger partial charge >= 0.3 is 5.97 Å². The molecule has 0 unspecified atom stereocenters. The molecule has 25 heavy (non-hydrogen) atoms. The number of carbonyl (C=O) groups is 1. The largest absolute Gasteiger partial charge is 0.508 e. The van der Waals surface area contributed by atoms with Crippen molar-refractivity contribution in [3.05, 3.63) is 59.3 Å². The average molecular weight is 339 g/mol. The van der Waals surface area contributed by atoms with Crippen molar-refractivity contribution < 1.29 is 20.1 Å². The molecule has 0 saturated carbocycles. The Hall–Kier alpha value is -2.95. The van der Waals surface area contributed by atoms with Crippen molar-refractivity contribution in [3.8, 4) is 11.5 Å². The summed E-state index contributed by atoms with van der Waals surface area (Å²) in [6.45, 7) is 4.60. The first-order valence-electron chi connectivity index (χ1n) is 8.20. The zero-order chi connectivity index (χ0) is 18.1. The van der Waals surface area contributed by atoms with Crippen LogP contribution >= 0.6 is 0 Å². The standard InChI is InChI=1S/C20H21NO4/c1-12(2)20-17(10-19(24)25)16-8-7-15(23)9-18(16)21(20)11-13-3-5-14(22)6-4-13/h3-9,12,22-23H,10-11H2,1-2H3,(H,24,25). The highest BCUT2D eigenvalue weighted by Crippen LogP contribution is 2.34. The van der Waals surface area contributed by atoms with Gasteiger partial charge in [-0.05, 0) is 41.3 Å². The number of fused-ring (bicyclic) bond motifs is 1. The highest BCUT2D eigenvalue weighted by molar-refractivity contribution is 5.90.